The van der Waals surface area contributed by atoms with Crippen molar-refractivity contribution in [3.63, 3.8) is 0 Å². The molecule has 0 unspecified atom stereocenters. The molecule has 3 aliphatic rings. The summed E-state index contributed by atoms with van der Waals surface area (Å²) in [5.41, 5.74) is 2.23. The molecule has 4 heterocycles. The van der Waals surface area contributed by atoms with Crippen molar-refractivity contribution in [1.29, 1.82) is 0 Å². The molecule has 14 nitrogen and oxygen atoms in total. The SMILES string of the molecule is CC1(C)OB(c2cc(O)ccc2Cl)OC1(C)C.COCCOc1ccc(Cl)c(-c2ccc(OC3CC(C(=O)Cc4cccnn4)C3)nc2)c1.COCCOc1ccc(Cl)c(B2OC(C)(C)C(C)(C)O2)c1. The molecule has 0 spiro atoms. The van der Waals surface area contributed by atoms with Crippen molar-refractivity contribution in [2.24, 2.45) is 5.92 Å². The third-order valence-corrected chi connectivity index (χ3v) is 13.9. The molecule has 3 aromatic carbocycles. The first kappa shape index (κ1) is 54.8. The quantitative estimate of drug-likeness (QED) is 0.0736. The molecular weight excluding hydrogens is 959 g/mol. The van der Waals surface area contributed by atoms with Crippen LogP contribution in [0.3, 0.4) is 0 Å². The Hall–Kier alpha value is -4.48. The van der Waals surface area contributed by atoms with E-state index >= 15 is 0 Å². The lowest BCUT2D eigenvalue weighted by Crippen LogP contribution is -2.41. The number of pyridine rings is 1. The monoisotopic (exact) mass is 1020 g/mol. The Bertz CT molecular complexity index is 2480. The summed E-state index contributed by atoms with van der Waals surface area (Å²) in [6, 6.07) is 23.1. The molecule has 2 saturated heterocycles. The van der Waals surface area contributed by atoms with Gasteiger partial charge in [-0.2, -0.15) is 10.2 Å². The van der Waals surface area contributed by atoms with E-state index in [0.29, 0.717) is 83.5 Å². The molecule has 5 aromatic rings. The molecule has 0 amide bonds. The topological polar surface area (TPSA) is 159 Å². The molecule has 70 heavy (non-hydrogen) atoms. The lowest BCUT2D eigenvalue weighted by atomic mass is 9.78. The fourth-order valence-electron chi connectivity index (χ4n) is 7.20. The van der Waals surface area contributed by atoms with Crippen molar-refractivity contribution in [1.82, 2.24) is 15.2 Å². The van der Waals surface area contributed by atoms with Crippen molar-refractivity contribution in [3.8, 4) is 34.3 Å². The maximum absolute atomic E-state index is 12.4. The average molecular weight is 1020 g/mol. The van der Waals surface area contributed by atoms with Crippen molar-refractivity contribution in [3.05, 3.63) is 112 Å². The number of carbonyl (C=O) groups is 1. The third-order valence-electron chi connectivity index (χ3n) is 12.9. The average Bonchev–Trinajstić information content (AvgIpc) is 3.66. The molecule has 0 bridgehead atoms. The first-order chi connectivity index (χ1) is 33.1. The lowest BCUT2D eigenvalue weighted by molar-refractivity contribution is -0.127. The molecule has 3 fully saturated rings. The summed E-state index contributed by atoms with van der Waals surface area (Å²) in [6.45, 7) is 18.0. The highest BCUT2D eigenvalue weighted by Gasteiger charge is 2.53. The normalized spacial score (nSPS) is 19.2. The summed E-state index contributed by atoms with van der Waals surface area (Å²) < 4.78 is 51.0. The fraction of sp³-hybridized carbons (Fsp3) is 0.451. The van der Waals surface area contributed by atoms with Crippen LogP contribution in [0, 0.1) is 5.92 Å². The molecule has 2 aromatic heterocycles. The number of rotatable bonds is 16. The summed E-state index contributed by atoms with van der Waals surface area (Å²) in [6.07, 6.45) is 5.01. The number of ketones is 1. The number of phenols is 1. The molecule has 19 heteroatoms. The first-order valence-electron chi connectivity index (χ1n) is 23.1. The predicted octanol–water partition coefficient (Wildman–Crippen LogP) is 9.20. The second kappa shape index (κ2) is 23.8. The highest BCUT2D eigenvalue weighted by molar-refractivity contribution is 6.66. The number of aromatic nitrogens is 3. The van der Waals surface area contributed by atoms with E-state index in [1.54, 1.807) is 56.9 Å². The summed E-state index contributed by atoms with van der Waals surface area (Å²) in [4.78, 5) is 16.8. The number of hydrogen-bond acceptors (Lipinski definition) is 14. The van der Waals surface area contributed by atoms with Crippen molar-refractivity contribution in [2.75, 3.05) is 40.6 Å². The fourth-order valence-corrected chi connectivity index (χ4v) is 7.84. The van der Waals surface area contributed by atoms with Crippen LogP contribution in [0.5, 0.6) is 23.1 Å². The van der Waals surface area contributed by atoms with E-state index in [0.717, 1.165) is 22.3 Å². The van der Waals surface area contributed by atoms with Gasteiger partial charge in [-0.1, -0.05) is 34.8 Å². The smallest absolute Gasteiger partial charge is 0.496 e. The van der Waals surface area contributed by atoms with E-state index in [4.69, 9.17) is 77.1 Å². The maximum Gasteiger partial charge on any atom is 0.496 e. The Labute approximate surface area is 427 Å². The van der Waals surface area contributed by atoms with Gasteiger partial charge in [-0.15, -0.1) is 0 Å². The van der Waals surface area contributed by atoms with Crippen LogP contribution in [0.4, 0.5) is 0 Å². The summed E-state index contributed by atoms with van der Waals surface area (Å²) in [5.74, 6) is 2.30. The lowest BCUT2D eigenvalue weighted by Gasteiger charge is -2.33. The van der Waals surface area contributed by atoms with Gasteiger partial charge in [0, 0.05) is 75.7 Å². The number of nitrogens with zero attached hydrogens (tertiary/aromatic N) is 3. The Morgan fingerprint density at radius 3 is 1.73 bits per heavy atom. The van der Waals surface area contributed by atoms with Crippen molar-refractivity contribution < 1.29 is 52.2 Å². The van der Waals surface area contributed by atoms with Crippen LogP contribution in [0.1, 0.15) is 73.9 Å². The highest BCUT2D eigenvalue weighted by atomic mass is 35.5. The Balaban J connectivity index is 0.000000183. The number of carbonyl (C=O) groups excluding carboxylic acids is 1. The molecule has 1 N–H and O–H groups in total. The van der Waals surface area contributed by atoms with Crippen molar-refractivity contribution >= 4 is 65.7 Å². The van der Waals surface area contributed by atoms with Gasteiger partial charge in [0.05, 0.1) is 47.7 Å². The number of halogens is 3. The van der Waals surface area contributed by atoms with Gasteiger partial charge in [0.1, 0.15) is 42.3 Å². The van der Waals surface area contributed by atoms with Crippen LogP contribution in [0.15, 0.2) is 91.3 Å². The number of benzene rings is 3. The Kier molecular flexibility index (Phi) is 18.7. The third kappa shape index (κ3) is 14.1. The van der Waals surface area contributed by atoms with Crippen LogP contribution >= 0.6 is 34.8 Å². The molecule has 0 radical (unpaired) electrons. The molecule has 1 saturated carbocycles. The van der Waals surface area contributed by atoms with Gasteiger partial charge in [0.2, 0.25) is 5.88 Å². The number of hydrogen-bond donors (Lipinski definition) is 1. The minimum Gasteiger partial charge on any atom is -0.508 e. The molecule has 1 aliphatic carbocycles. The van der Waals surface area contributed by atoms with E-state index in [9.17, 15) is 9.90 Å². The predicted molar refractivity (Wildman–Crippen MR) is 273 cm³/mol. The molecule has 2 aliphatic heterocycles. The van der Waals surface area contributed by atoms with Gasteiger partial charge in [-0.05, 0) is 141 Å². The maximum atomic E-state index is 12.4. The largest absolute Gasteiger partial charge is 0.508 e. The standard InChI is InChI=1S/C24H24ClN3O4.C15H22BClO4.C12H16BClO3/c1-30-9-10-31-19-5-6-22(25)21(14-19)16-4-7-24(26-15-16)32-20-11-17(12-20)23(29)13-18-3-2-8-27-28-18;1-14(2)15(3,4)21-16(20-14)12-10-11(6-7-13(12)17)19-9-8-18-5;1-11(2)12(3,4)17-13(16-11)9-7-8(15)5-6-10(9)14/h2-8,14-15,17,20H,9-13H2,1H3;6-7,10H,8-9H2,1-5H3;5-7,15H,1-4H3. The van der Waals surface area contributed by atoms with Gasteiger partial charge >= 0.3 is 14.2 Å². The zero-order valence-corrected chi connectivity index (χ0v) is 43.7. The minimum atomic E-state index is -0.542. The second-order valence-electron chi connectivity index (χ2n) is 19.0. The minimum absolute atomic E-state index is 0.000865. The van der Waals surface area contributed by atoms with Gasteiger partial charge < -0.3 is 47.4 Å². The highest BCUT2D eigenvalue weighted by Crippen LogP contribution is 2.39. The number of methoxy groups -OCH3 is 2. The molecular formula is C51H62B2Cl3N3O11. The van der Waals surface area contributed by atoms with Crippen LogP contribution in [0.2, 0.25) is 15.1 Å². The second-order valence-corrected chi connectivity index (χ2v) is 20.3. The van der Waals surface area contributed by atoms with Gasteiger partial charge in [0.15, 0.2) is 0 Å². The summed E-state index contributed by atoms with van der Waals surface area (Å²) >= 11 is 18.7. The zero-order valence-electron chi connectivity index (χ0n) is 41.4. The van der Waals surface area contributed by atoms with E-state index in [1.165, 1.54) is 6.07 Å². The van der Waals surface area contributed by atoms with Crippen molar-refractivity contribution in [2.45, 2.75) is 103 Å². The van der Waals surface area contributed by atoms with Crippen LogP contribution in [-0.2, 0) is 39.3 Å². The summed E-state index contributed by atoms with van der Waals surface area (Å²) in [5, 5.41) is 19.0. The number of ether oxygens (including phenoxy) is 5. The number of aromatic hydroxyl groups is 1. The van der Waals surface area contributed by atoms with Crippen LogP contribution in [0.25, 0.3) is 11.1 Å². The zero-order chi connectivity index (χ0) is 50.9. The molecule has 8 rings (SSSR count). The summed E-state index contributed by atoms with van der Waals surface area (Å²) in [7, 11) is 2.24. The Morgan fingerprint density at radius 1 is 0.686 bits per heavy atom. The van der Waals surface area contributed by atoms with E-state index < -0.39 is 36.6 Å². The number of phenolic OH excluding ortho intramolecular Hbond substituents is 1. The number of Topliss-reactive ketones (excluding diaryl/α,β-unsaturated/α-hetero) is 1. The first-order valence-corrected chi connectivity index (χ1v) is 24.2. The van der Waals surface area contributed by atoms with E-state index in [1.807, 2.05) is 97.9 Å². The van der Waals surface area contributed by atoms with Gasteiger partial charge in [-0.25, -0.2) is 4.98 Å². The van der Waals surface area contributed by atoms with Crippen LogP contribution < -0.4 is 25.1 Å². The molecule has 0 atom stereocenters. The molecule has 374 valence electrons. The van der Waals surface area contributed by atoms with E-state index in [-0.39, 0.29) is 23.6 Å². The van der Waals surface area contributed by atoms with Crippen LogP contribution in [-0.4, -0.2) is 109 Å². The Morgan fingerprint density at radius 2 is 1.21 bits per heavy atom. The van der Waals surface area contributed by atoms with E-state index in [2.05, 4.69) is 15.2 Å². The van der Waals surface area contributed by atoms with Gasteiger partial charge in [-0.3, -0.25) is 4.79 Å². The van der Waals surface area contributed by atoms with Gasteiger partial charge in [0.25, 0.3) is 0 Å².